The number of aliphatic hydroxyl groups excluding tert-OH is 2. The highest BCUT2D eigenvalue weighted by atomic mass is 16.8. The topological polar surface area (TPSA) is 168 Å². The van der Waals surface area contributed by atoms with Crippen LogP contribution in [-0.2, 0) is 30.2 Å². The molecule has 1 saturated heterocycles. The van der Waals surface area contributed by atoms with Crippen molar-refractivity contribution < 1.29 is 43.5 Å². The van der Waals surface area contributed by atoms with Crippen LogP contribution in [0.15, 0.2) is 40.1 Å². The van der Waals surface area contributed by atoms with Gasteiger partial charge in [-0.2, -0.15) is 0 Å². The van der Waals surface area contributed by atoms with E-state index >= 15 is 0 Å². The van der Waals surface area contributed by atoms with Gasteiger partial charge < -0.3 is 33.9 Å². The molecule has 274 valence electrons. The van der Waals surface area contributed by atoms with Gasteiger partial charge in [0.15, 0.2) is 11.6 Å². The first-order valence-corrected chi connectivity index (χ1v) is 17.7. The third-order valence-corrected chi connectivity index (χ3v) is 10.8. The van der Waals surface area contributed by atoms with E-state index in [-0.39, 0.29) is 38.1 Å². The Hall–Kier alpha value is -3.24. The maximum atomic E-state index is 13.9. The third kappa shape index (κ3) is 6.74. The van der Waals surface area contributed by atoms with Crippen LogP contribution in [0, 0.1) is 6.92 Å². The second kappa shape index (κ2) is 14.8. The molecule has 2 aliphatic heterocycles. The Bertz CT molecular complexity index is 1640. The van der Waals surface area contributed by atoms with Gasteiger partial charge in [0.25, 0.3) is 17.4 Å². The molecule has 2 saturated carbocycles. The number of aryl methyl sites for hydroxylation is 1. The molecule has 1 unspecified atom stereocenters. The number of carbonyl (C=O) groups excluding carboxylic acids is 2. The summed E-state index contributed by atoms with van der Waals surface area (Å²) in [5.74, 6) is -4.91. The molecule has 2 amide bonds. The summed E-state index contributed by atoms with van der Waals surface area (Å²) in [6, 6.07) is 6.56. The summed E-state index contributed by atoms with van der Waals surface area (Å²) >= 11 is 0. The van der Waals surface area contributed by atoms with Crippen molar-refractivity contribution in [3.05, 3.63) is 68.0 Å². The molecule has 4 atom stereocenters. The summed E-state index contributed by atoms with van der Waals surface area (Å²) in [7, 11) is 3.10. The summed E-state index contributed by atoms with van der Waals surface area (Å²) in [5.41, 5.74) is -0.349. The SMILES string of the molecule is COC1(OCC(O)[C@@]2(OC3(OC)CCCCC3)O[C@@H](n3cc(C)c(=O)n(CCCN4C(=O)c5ccccc5C4=O)c3=O)C[C@@H]2O)CCCCC1. The molecule has 2 aromatic rings. The van der Waals surface area contributed by atoms with Crippen LogP contribution in [0.4, 0.5) is 0 Å². The fraction of sp³-hybridized carbons (Fsp3) is 0.667. The lowest BCUT2D eigenvalue weighted by Gasteiger charge is -2.46. The number of hydrogen-bond acceptors (Lipinski definition) is 11. The molecule has 50 heavy (non-hydrogen) atoms. The number of imide groups is 1. The van der Waals surface area contributed by atoms with E-state index in [9.17, 15) is 29.4 Å². The van der Waals surface area contributed by atoms with Gasteiger partial charge in [-0.25, -0.2) is 4.79 Å². The number of aromatic nitrogens is 2. The van der Waals surface area contributed by atoms with Gasteiger partial charge in [-0.05, 0) is 51.2 Å². The number of carbonyl (C=O) groups is 2. The molecular formula is C36H49N3O11. The van der Waals surface area contributed by atoms with E-state index < -0.39 is 58.9 Å². The van der Waals surface area contributed by atoms with Gasteiger partial charge in [0.2, 0.25) is 5.79 Å². The molecule has 0 radical (unpaired) electrons. The molecule has 0 bridgehead atoms. The maximum absolute atomic E-state index is 13.9. The molecule has 3 fully saturated rings. The Morgan fingerprint density at radius 3 is 2.04 bits per heavy atom. The highest BCUT2D eigenvalue weighted by molar-refractivity contribution is 6.21. The van der Waals surface area contributed by atoms with Crippen LogP contribution in [0.1, 0.15) is 110 Å². The van der Waals surface area contributed by atoms with E-state index in [1.165, 1.54) is 17.9 Å². The lowest BCUT2D eigenvalue weighted by atomic mass is 9.92. The van der Waals surface area contributed by atoms with Gasteiger partial charge >= 0.3 is 5.69 Å². The van der Waals surface area contributed by atoms with Crippen LogP contribution in [0.3, 0.4) is 0 Å². The van der Waals surface area contributed by atoms with Crippen LogP contribution < -0.4 is 11.2 Å². The Morgan fingerprint density at radius 1 is 0.880 bits per heavy atom. The van der Waals surface area contributed by atoms with Gasteiger partial charge in [-0.1, -0.05) is 25.0 Å². The first-order valence-electron chi connectivity index (χ1n) is 17.7. The summed E-state index contributed by atoms with van der Waals surface area (Å²) in [6.07, 6.45) is 5.17. The van der Waals surface area contributed by atoms with E-state index in [1.807, 2.05) is 0 Å². The highest BCUT2D eigenvalue weighted by Gasteiger charge is 2.59. The van der Waals surface area contributed by atoms with Crippen molar-refractivity contribution in [2.75, 3.05) is 27.4 Å². The molecule has 1 aromatic heterocycles. The maximum Gasteiger partial charge on any atom is 0.333 e. The zero-order valence-electron chi connectivity index (χ0n) is 29.1. The smallest absolute Gasteiger partial charge is 0.333 e. The van der Waals surface area contributed by atoms with Gasteiger partial charge in [0, 0.05) is 71.2 Å². The minimum Gasteiger partial charge on any atom is -0.387 e. The largest absolute Gasteiger partial charge is 0.387 e. The van der Waals surface area contributed by atoms with Crippen LogP contribution in [-0.4, -0.2) is 93.0 Å². The van der Waals surface area contributed by atoms with Crippen molar-refractivity contribution in [1.82, 2.24) is 14.0 Å². The van der Waals surface area contributed by atoms with Crippen molar-refractivity contribution in [3.8, 4) is 0 Å². The molecule has 2 aliphatic carbocycles. The van der Waals surface area contributed by atoms with Crippen molar-refractivity contribution >= 4 is 11.8 Å². The number of benzene rings is 1. The predicted octanol–water partition coefficient (Wildman–Crippen LogP) is 2.99. The second-order valence-electron chi connectivity index (χ2n) is 13.9. The van der Waals surface area contributed by atoms with Gasteiger partial charge in [0.05, 0.1) is 17.7 Å². The zero-order valence-corrected chi connectivity index (χ0v) is 29.1. The number of methoxy groups -OCH3 is 2. The summed E-state index contributed by atoms with van der Waals surface area (Å²) in [4.78, 5) is 54.0. The Kier molecular flexibility index (Phi) is 10.8. The first kappa shape index (κ1) is 36.5. The van der Waals surface area contributed by atoms with Crippen LogP contribution in [0.25, 0.3) is 0 Å². The first-order chi connectivity index (χ1) is 24.0. The molecule has 2 N–H and O–H groups in total. The number of rotatable bonds is 13. The molecule has 6 rings (SSSR count). The van der Waals surface area contributed by atoms with Gasteiger partial charge in [-0.3, -0.25) is 28.4 Å². The van der Waals surface area contributed by atoms with E-state index in [4.69, 9.17) is 23.7 Å². The quantitative estimate of drug-likeness (QED) is 0.233. The summed E-state index contributed by atoms with van der Waals surface area (Å²) in [5, 5.41) is 23.5. The Morgan fingerprint density at radius 2 is 1.46 bits per heavy atom. The van der Waals surface area contributed by atoms with Gasteiger partial charge in [0.1, 0.15) is 18.4 Å². The number of nitrogens with zero attached hydrogens (tertiary/aromatic N) is 3. The fourth-order valence-electron chi connectivity index (χ4n) is 7.89. The molecule has 1 aromatic carbocycles. The Labute approximate surface area is 290 Å². The fourth-order valence-corrected chi connectivity index (χ4v) is 7.89. The average Bonchev–Trinajstić information content (AvgIpc) is 3.59. The standard InChI is InChI=1S/C36H49N3O11/c1-24-22-39(33(45)38(30(24)42)20-12-19-37-31(43)25-13-6-7-14-26(25)32(37)44)29-21-27(40)36(49-29,50-35(47-3)17-10-5-11-18-35)28(41)23-48-34(46-2)15-8-4-9-16-34/h6-7,13-14,22,27-29,40-41H,4-5,8-12,15-21,23H2,1-3H3/t27-,28?,29+,36+/m0/s1. The average molecular weight is 700 g/mol. The van der Waals surface area contributed by atoms with Gasteiger partial charge in [-0.15, -0.1) is 0 Å². The predicted molar refractivity (Wildman–Crippen MR) is 178 cm³/mol. The minimum absolute atomic E-state index is 0.00994. The summed E-state index contributed by atoms with van der Waals surface area (Å²) < 4.78 is 33.1. The highest BCUT2D eigenvalue weighted by Crippen LogP contribution is 2.46. The van der Waals surface area contributed by atoms with E-state index in [2.05, 4.69) is 0 Å². The number of hydrogen-bond donors (Lipinski definition) is 2. The monoisotopic (exact) mass is 699 g/mol. The van der Waals surface area contributed by atoms with Crippen LogP contribution in [0.5, 0.6) is 0 Å². The second-order valence-corrected chi connectivity index (χ2v) is 13.9. The van der Waals surface area contributed by atoms with E-state index in [0.29, 0.717) is 36.8 Å². The van der Waals surface area contributed by atoms with Crippen molar-refractivity contribution in [2.24, 2.45) is 0 Å². The Balaban J connectivity index is 1.25. The van der Waals surface area contributed by atoms with E-state index in [0.717, 1.165) is 48.0 Å². The molecule has 0 spiro atoms. The van der Waals surface area contributed by atoms with Crippen LogP contribution >= 0.6 is 0 Å². The number of amides is 2. The van der Waals surface area contributed by atoms with Crippen molar-refractivity contribution in [1.29, 1.82) is 0 Å². The molecule has 14 nitrogen and oxygen atoms in total. The normalized spacial score (nSPS) is 26.7. The third-order valence-electron chi connectivity index (χ3n) is 10.8. The lowest BCUT2D eigenvalue weighted by Crippen LogP contribution is -2.60. The number of ether oxygens (including phenoxy) is 5. The number of aliphatic hydroxyl groups is 2. The molecular weight excluding hydrogens is 650 g/mol. The minimum atomic E-state index is -2.04. The molecule has 14 heteroatoms. The number of fused-ring (bicyclic) bond motifs is 1. The van der Waals surface area contributed by atoms with Crippen molar-refractivity contribution in [2.45, 2.75) is 126 Å². The molecule has 4 aliphatic rings. The summed E-state index contributed by atoms with van der Waals surface area (Å²) in [6.45, 7) is 1.22. The lowest BCUT2D eigenvalue weighted by molar-refractivity contribution is -0.404. The zero-order chi connectivity index (χ0) is 35.7. The van der Waals surface area contributed by atoms with E-state index in [1.54, 1.807) is 38.3 Å². The van der Waals surface area contributed by atoms with Crippen LogP contribution in [0.2, 0.25) is 0 Å². The van der Waals surface area contributed by atoms with Crippen molar-refractivity contribution in [3.63, 3.8) is 0 Å². The molecule has 3 heterocycles.